The lowest BCUT2D eigenvalue weighted by Crippen LogP contribution is -2.38. The third-order valence-corrected chi connectivity index (χ3v) is 16.5. The standard InChI is InChI=1S/C70H124O30/c1-48(18-79-53(36-81-49(20-71-28-55-40-85-63(2,3)93-55)21-72-29-56-41-86-64(4,5)94-56)37-82-50(22-73-30-57-42-87-65(6,7)95-57)23-74-31-58-43-88-66(8,9)96-58)19-80-54(38-83-51(24-75-32-59-44-89-67(10,11)97-59)25-76-33-60-45-90-68(12,13)98-60)39-84-52(26-77-34-61-46-91-69(14,15)99-61)27-78-35-62-47-92-70(16,17)100-62/h49-62H,1,18-47H2,2-17H3. The minimum Gasteiger partial charge on any atom is -0.376 e. The highest BCUT2D eigenvalue weighted by atomic mass is 16.8. The van der Waals surface area contributed by atoms with Crippen molar-refractivity contribution in [3.8, 4) is 0 Å². The van der Waals surface area contributed by atoms with E-state index in [0.29, 0.717) is 58.4 Å². The van der Waals surface area contributed by atoms with Crippen molar-refractivity contribution < 1.29 is 142 Å². The van der Waals surface area contributed by atoms with Gasteiger partial charge in [0.05, 0.1) is 198 Å². The summed E-state index contributed by atoms with van der Waals surface area (Å²) in [5.74, 6) is -5.74. The fourth-order valence-electron chi connectivity index (χ4n) is 11.8. The monoisotopic (exact) mass is 1440 g/mol. The highest BCUT2D eigenvalue weighted by Gasteiger charge is 2.40. The summed E-state index contributed by atoms with van der Waals surface area (Å²) in [6, 6.07) is 0. The maximum atomic E-state index is 6.72. The van der Waals surface area contributed by atoms with Crippen LogP contribution in [0.3, 0.4) is 0 Å². The summed E-state index contributed by atoms with van der Waals surface area (Å²) in [6.45, 7) is 41.3. The molecule has 8 rings (SSSR count). The van der Waals surface area contributed by atoms with E-state index in [4.69, 9.17) is 142 Å². The van der Waals surface area contributed by atoms with E-state index in [9.17, 15) is 0 Å². The van der Waals surface area contributed by atoms with Gasteiger partial charge in [-0.3, -0.25) is 0 Å². The lowest BCUT2D eigenvalue weighted by atomic mass is 10.3. The van der Waals surface area contributed by atoms with Crippen LogP contribution in [0.5, 0.6) is 0 Å². The molecular formula is C70H124O30. The van der Waals surface area contributed by atoms with Crippen LogP contribution in [0.2, 0.25) is 0 Å². The van der Waals surface area contributed by atoms with Gasteiger partial charge in [-0.05, 0) is 116 Å². The third kappa shape index (κ3) is 32.5. The zero-order chi connectivity index (χ0) is 72.1. The molecule has 0 spiro atoms. The Labute approximate surface area is 593 Å². The number of rotatable bonds is 50. The Morgan fingerprint density at radius 1 is 0.240 bits per heavy atom. The molecule has 0 aromatic rings. The van der Waals surface area contributed by atoms with Gasteiger partial charge < -0.3 is 142 Å². The van der Waals surface area contributed by atoms with Crippen LogP contribution in [0.4, 0.5) is 0 Å². The summed E-state index contributed by atoms with van der Waals surface area (Å²) < 4.78 is 185. The van der Waals surface area contributed by atoms with Crippen LogP contribution >= 0.6 is 0 Å². The van der Waals surface area contributed by atoms with Crippen molar-refractivity contribution in [2.75, 3.05) is 198 Å². The van der Waals surface area contributed by atoms with E-state index in [0.717, 1.165) is 0 Å². The van der Waals surface area contributed by atoms with E-state index in [1.807, 2.05) is 111 Å². The minimum atomic E-state index is -0.718. The summed E-state index contributed by atoms with van der Waals surface area (Å²) in [4.78, 5) is 0. The topological polar surface area (TPSA) is 277 Å². The van der Waals surface area contributed by atoms with E-state index < -0.39 is 82.9 Å². The third-order valence-electron chi connectivity index (χ3n) is 16.5. The summed E-state index contributed by atoms with van der Waals surface area (Å²) in [5.41, 5.74) is 0.589. The van der Waals surface area contributed by atoms with Crippen LogP contribution in [-0.2, 0) is 142 Å². The van der Waals surface area contributed by atoms with Gasteiger partial charge >= 0.3 is 0 Å². The molecule has 0 N–H and O–H groups in total. The van der Waals surface area contributed by atoms with Crippen LogP contribution in [0.15, 0.2) is 12.2 Å². The van der Waals surface area contributed by atoms with Crippen molar-refractivity contribution in [3.63, 3.8) is 0 Å². The Bertz CT molecular complexity index is 1900. The van der Waals surface area contributed by atoms with Gasteiger partial charge in [-0.15, -0.1) is 0 Å². The van der Waals surface area contributed by atoms with Gasteiger partial charge in [-0.2, -0.15) is 0 Å². The number of hydrogen-bond donors (Lipinski definition) is 0. The van der Waals surface area contributed by atoms with Crippen LogP contribution in [0.1, 0.15) is 111 Å². The molecule has 100 heavy (non-hydrogen) atoms. The van der Waals surface area contributed by atoms with Gasteiger partial charge in [0, 0.05) is 0 Å². The minimum absolute atomic E-state index is 0.0318. The van der Waals surface area contributed by atoms with Crippen molar-refractivity contribution in [2.45, 2.75) is 243 Å². The molecule has 8 saturated heterocycles. The fraction of sp³-hybridized carbons (Fsp3) is 0.971. The molecule has 0 bridgehead atoms. The zero-order valence-corrected chi connectivity index (χ0v) is 62.8. The van der Waals surface area contributed by atoms with Gasteiger partial charge in [0.1, 0.15) is 85.5 Å². The first kappa shape index (κ1) is 84.2. The van der Waals surface area contributed by atoms with Crippen molar-refractivity contribution in [2.24, 2.45) is 0 Å². The normalized spacial score (nSPS) is 30.3. The van der Waals surface area contributed by atoms with Crippen molar-refractivity contribution in [1.82, 2.24) is 0 Å². The molecule has 0 aromatic carbocycles. The lowest BCUT2D eigenvalue weighted by molar-refractivity contribution is -0.159. The quantitative estimate of drug-likeness (QED) is 0.0708. The Hall–Kier alpha value is -1.46. The summed E-state index contributed by atoms with van der Waals surface area (Å²) in [6.07, 6.45) is -5.75. The highest BCUT2D eigenvalue weighted by Crippen LogP contribution is 2.29. The molecule has 30 heteroatoms. The van der Waals surface area contributed by atoms with Crippen LogP contribution in [0, 0.1) is 0 Å². The van der Waals surface area contributed by atoms with E-state index in [2.05, 4.69) is 6.58 Å². The predicted molar refractivity (Wildman–Crippen MR) is 353 cm³/mol. The van der Waals surface area contributed by atoms with Gasteiger partial charge in [0.2, 0.25) is 0 Å². The SMILES string of the molecule is C=C(COC(COC(COCC1COC(C)(C)O1)COCC1COC(C)(C)O1)COC(COCC1COC(C)(C)O1)COCC1COC(C)(C)O1)COC(COC(COCC1COC(C)(C)O1)COCC1COC(C)(C)O1)COC(COCC1COC(C)(C)O1)COCC1COC(C)(C)O1. The molecule has 0 amide bonds. The molecule has 0 aromatic heterocycles. The second-order valence-electron chi connectivity index (χ2n) is 30.3. The Morgan fingerprint density at radius 3 is 0.510 bits per heavy atom. The van der Waals surface area contributed by atoms with Crippen LogP contribution in [0.25, 0.3) is 0 Å². The summed E-state index contributed by atoms with van der Waals surface area (Å²) >= 11 is 0. The number of hydrogen-bond acceptors (Lipinski definition) is 30. The largest absolute Gasteiger partial charge is 0.376 e. The lowest BCUT2D eigenvalue weighted by Gasteiger charge is -2.27. The molecule has 0 radical (unpaired) electrons. The Morgan fingerprint density at radius 2 is 0.380 bits per heavy atom. The van der Waals surface area contributed by atoms with Gasteiger partial charge in [-0.25, -0.2) is 0 Å². The average Bonchev–Trinajstić information content (AvgIpc) is 1.85. The highest BCUT2D eigenvalue weighted by molar-refractivity contribution is 4.95. The first-order valence-corrected chi connectivity index (χ1v) is 35.7. The molecule has 8 atom stereocenters. The maximum Gasteiger partial charge on any atom is 0.163 e. The second kappa shape index (κ2) is 39.6. The van der Waals surface area contributed by atoms with Crippen LogP contribution in [-0.4, -0.2) is 330 Å². The van der Waals surface area contributed by atoms with Gasteiger partial charge in [0.25, 0.3) is 0 Å². The number of ether oxygens (including phenoxy) is 30. The molecule has 8 aliphatic heterocycles. The molecule has 30 nitrogen and oxygen atoms in total. The second-order valence-corrected chi connectivity index (χ2v) is 30.3. The Kier molecular flexibility index (Phi) is 33.3. The predicted octanol–water partition coefficient (Wildman–Crippen LogP) is 5.20. The molecule has 584 valence electrons. The van der Waals surface area contributed by atoms with Crippen molar-refractivity contribution in [3.05, 3.63) is 12.2 Å². The van der Waals surface area contributed by atoms with Crippen molar-refractivity contribution in [1.29, 1.82) is 0 Å². The molecule has 8 fully saturated rings. The molecule has 8 heterocycles. The van der Waals surface area contributed by atoms with E-state index in [1.54, 1.807) is 0 Å². The molecular weight excluding hydrogens is 1320 g/mol. The van der Waals surface area contributed by atoms with Gasteiger partial charge in [0.15, 0.2) is 46.3 Å². The zero-order valence-electron chi connectivity index (χ0n) is 62.8. The first-order valence-electron chi connectivity index (χ1n) is 35.7. The first-order chi connectivity index (χ1) is 47.2. The molecule has 0 saturated carbocycles. The summed E-state index contributed by atoms with van der Waals surface area (Å²) in [5, 5.41) is 0. The maximum absolute atomic E-state index is 6.72. The molecule has 8 aliphatic rings. The van der Waals surface area contributed by atoms with Crippen LogP contribution < -0.4 is 0 Å². The smallest absolute Gasteiger partial charge is 0.163 e. The van der Waals surface area contributed by atoms with E-state index in [1.165, 1.54) is 0 Å². The van der Waals surface area contributed by atoms with E-state index in [-0.39, 0.29) is 194 Å². The molecule has 8 unspecified atom stereocenters. The van der Waals surface area contributed by atoms with Gasteiger partial charge in [-0.1, -0.05) is 6.58 Å². The Balaban J connectivity index is 0.957. The van der Waals surface area contributed by atoms with E-state index >= 15 is 0 Å². The van der Waals surface area contributed by atoms with Crippen molar-refractivity contribution >= 4 is 0 Å². The molecule has 0 aliphatic carbocycles. The fourth-order valence-corrected chi connectivity index (χ4v) is 11.8. The average molecular weight is 1450 g/mol. The summed E-state index contributed by atoms with van der Waals surface area (Å²) in [7, 11) is 0.